The zero-order chi connectivity index (χ0) is 19.0. The van der Waals surface area contributed by atoms with E-state index < -0.39 is 6.04 Å². The van der Waals surface area contributed by atoms with Crippen LogP contribution in [-0.2, 0) is 9.59 Å². The van der Waals surface area contributed by atoms with Gasteiger partial charge in [-0.25, -0.2) is 0 Å². The Kier molecular flexibility index (Phi) is 4.44. The molecular formula is C22H22N2O3. The number of fused-ring (bicyclic) bond motifs is 1. The summed E-state index contributed by atoms with van der Waals surface area (Å²) < 4.78 is 5.58. The fraction of sp³-hybridized carbons (Fsp3) is 0.273. The van der Waals surface area contributed by atoms with E-state index in [1.165, 1.54) is 6.92 Å². The van der Waals surface area contributed by atoms with E-state index in [1.807, 2.05) is 48.5 Å². The number of allylic oxidation sites excluding steroid dienone is 1. The van der Waals surface area contributed by atoms with Crippen molar-refractivity contribution < 1.29 is 14.3 Å². The summed E-state index contributed by atoms with van der Waals surface area (Å²) in [5.41, 5.74) is 3.99. The summed E-state index contributed by atoms with van der Waals surface area (Å²) in [5, 5.41) is 3.44. The van der Waals surface area contributed by atoms with Crippen molar-refractivity contribution in [3.8, 4) is 5.75 Å². The highest BCUT2D eigenvalue weighted by molar-refractivity contribution is 6.05. The van der Waals surface area contributed by atoms with Gasteiger partial charge in [-0.2, -0.15) is 0 Å². The van der Waals surface area contributed by atoms with Gasteiger partial charge in [0.1, 0.15) is 5.75 Å². The van der Waals surface area contributed by atoms with E-state index in [0.717, 1.165) is 35.5 Å². The van der Waals surface area contributed by atoms with Crippen LogP contribution in [0.5, 0.6) is 5.75 Å². The number of ether oxygens (including phenoxy) is 1. The first-order valence-electron chi connectivity index (χ1n) is 9.17. The lowest BCUT2D eigenvalue weighted by atomic mass is 9.85. The number of methoxy groups -OCH3 is 1. The fourth-order valence-corrected chi connectivity index (χ4v) is 4.07. The summed E-state index contributed by atoms with van der Waals surface area (Å²) >= 11 is 0. The molecule has 0 saturated carbocycles. The molecular weight excluding hydrogens is 340 g/mol. The Morgan fingerprint density at radius 1 is 1.11 bits per heavy atom. The van der Waals surface area contributed by atoms with Crippen molar-refractivity contribution in [2.75, 3.05) is 17.3 Å². The van der Waals surface area contributed by atoms with Crippen LogP contribution in [0.2, 0.25) is 0 Å². The molecule has 1 heterocycles. The van der Waals surface area contributed by atoms with Gasteiger partial charge in [0.25, 0.3) is 0 Å². The predicted molar refractivity (Wildman–Crippen MR) is 105 cm³/mol. The third kappa shape index (κ3) is 2.89. The van der Waals surface area contributed by atoms with Crippen LogP contribution in [0.25, 0.3) is 0 Å². The molecule has 2 aliphatic rings. The highest BCUT2D eigenvalue weighted by atomic mass is 16.5. The first kappa shape index (κ1) is 17.3. The van der Waals surface area contributed by atoms with Gasteiger partial charge in [0.05, 0.1) is 24.5 Å². The molecule has 0 saturated heterocycles. The standard InChI is InChI=1S/C22H22N2O3/c1-14(25)24-18-11-5-4-9-16(18)23-17-10-7-12-19(26)21(17)22(24)15-8-3-6-13-20(15)27-2/h3-6,8-9,11,13,22-23H,7,10,12H2,1-2H3/t22-/m1/s1. The van der Waals surface area contributed by atoms with E-state index in [2.05, 4.69) is 5.32 Å². The Hall–Kier alpha value is -3.08. The van der Waals surface area contributed by atoms with Crippen molar-refractivity contribution in [3.63, 3.8) is 0 Å². The Morgan fingerprint density at radius 2 is 1.85 bits per heavy atom. The second kappa shape index (κ2) is 6.91. The molecule has 1 amide bonds. The van der Waals surface area contributed by atoms with Crippen molar-refractivity contribution in [1.82, 2.24) is 0 Å². The van der Waals surface area contributed by atoms with Gasteiger partial charge >= 0.3 is 0 Å². The number of ketones is 1. The number of nitrogens with one attached hydrogen (secondary N) is 1. The number of anilines is 2. The van der Waals surface area contributed by atoms with Crippen LogP contribution in [0.3, 0.4) is 0 Å². The number of para-hydroxylation sites is 3. The Morgan fingerprint density at radius 3 is 2.63 bits per heavy atom. The van der Waals surface area contributed by atoms with Crippen molar-refractivity contribution in [2.24, 2.45) is 0 Å². The number of benzene rings is 2. The predicted octanol–water partition coefficient (Wildman–Crippen LogP) is 4.22. The number of carbonyl (C=O) groups excluding carboxylic acids is 2. The summed E-state index contributed by atoms with van der Waals surface area (Å²) in [5.74, 6) is 0.629. The van der Waals surface area contributed by atoms with E-state index in [9.17, 15) is 9.59 Å². The second-order valence-electron chi connectivity index (χ2n) is 6.84. The molecule has 1 aliphatic carbocycles. The Bertz CT molecular complexity index is 948. The number of nitrogens with zero attached hydrogens (tertiary/aromatic N) is 1. The molecule has 0 fully saturated rings. The molecule has 138 valence electrons. The van der Waals surface area contributed by atoms with Gasteiger partial charge in [-0.3, -0.25) is 14.5 Å². The molecule has 2 aromatic carbocycles. The van der Waals surface area contributed by atoms with Gasteiger partial charge in [-0.15, -0.1) is 0 Å². The zero-order valence-electron chi connectivity index (χ0n) is 15.5. The lowest BCUT2D eigenvalue weighted by Crippen LogP contribution is -2.36. The minimum Gasteiger partial charge on any atom is -0.496 e. The van der Waals surface area contributed by atoms with Crippen LogP contribution in [0.15, 0.2) is 59.8 Å². The molecule has 0 radical (unpaired) electrons. The minimum absolute atomic E-state index is 0.0821. The second-order valence-corrected chi connectivity index (χ2v) is 6.84. The number of Topliss-reactive ketones (excluding diaryl/α,β-unsaturated/α-hetero) is 1. The largest absolute Gasteiger partial charge is 0.496 e. The Labute approximate surface area is 158 Å². The molecule has 0 aromatic heterocycles. The number of hydrogen-bond acceptors (Lipinski definition) is 4. The lowest BCUT2D eigenvalue weighted by Gasteiger charge is -2.33. The summed E-state index contributed by atoms with van der Waals surface area (Å²) in [6, 6.07) is 14.8. The van der Waals surface area contributed by atoms with E-state index >= 15 is 0 Å². The number of carbonyl (C=O) groups is 2. The molecule has 0 unspecified atom stereocenters. The van der Waals surface area contributed by atoms with Crippen LogP contribution in [0.4, 0.5) is 11.4 Å². The maximum atomic E-state index is 13.0. The molecule has 1 aliphatic heterocycles. The Balaban J connectivity index is 2.03. The first-order valence-corrected chi connectivity index (χ1v) is 9.17. The smallest absolute Gasteiger partial charge is 0.224 e. The number of amides is 1. The monoisotopic (exact) mass is 362 g/mol. The quantitative estimate of drug-likeness (QED) is 0.869. The molecule has 1 atom stereocenters. The minimum atomic E-state index is -0.516. The van der Waals surface area contributed by atoms with Crippen LogP contribution in [0, 0.1) is 0 Å². The number of hydrogen-bond donors (Lipinski definition) is 1. The van der Waals surface area contributed by atoms with Crippen molar-refractivity contribution >= 4 is 23.1 Å². The maximum absolute atomic E-state index is 13.0. The average molecular weight is 362 g/mol. The van der Waals surface area contributed by atoms with Gasteiger partial charge in [0.2, 0.25) is 5.91 Å². The fourth-order valence-electron chi connectivity index (χ4n) is 4.07. The van der Waals surface area contributed by atoms with Crippen LogP contribution in [-0.4, -0.2) is 18.8 Å². The van der Waals surface area contributed by atoms with Crippen LogP contribution in [0.1, 0.15) is 37.8 Å². The molecule has 5 heteroatoms. The third-order valence-corrected chi connectivity index (χ3v) is 5.21. The van der Waals surface area contributed by atoms with Gasteiger partial charge < -0.3 is 10.1 Å². The highest BCUT2D eigenvalue weighted by Gasteiger charge is 2.39. The van der Waals surface area contributed by atoms with Crippen LogP contribution >= 0.6 is 0 Å². The summed E-state index contributed by atoms with van der Waals surface area (Å²) in [6.45, 7) is 1.54. The topological polar surface area (TPSA) is 58.6 Å². The summed E-state index contributed by atoms with van der Waals surface area (Å²) in [7, 11) is 1.61. The normalized spacial score (nSPS) is 19.0. The van der Waals surface area contributed by atoms with Gasteiger partial charge in [-0.1, -0.05) is 30.3 Å². The molecule has 27 heavy (non-hydrogen) atoms. The summed E-state index contributed by atoms with van der Waals surface area (Å²) in [4.78, 5) is 27.5. The molecule has 2 aromatic rings. The van der Waals surface area contributed by atoms with E-state index in [-0.39, 0.29) is 11.7 Å². The molecule has 5 nitrogen and oxygen atoms in total. The van der Waals surface area contributed by atoms with Crippen molar-refractivity contribution in [2.45, 2.75) is 32.2 Å². The summed E-state index contributed by atoms with van der Waals surface area (Å²) in [6.07, 6.45) is 2.09. The highest BCUT2D eigenvalue weighted by Crippen LogP contribution is 2.46. The van der Waals surface area contributed by atoms with Crippen LogP contribution < -0.4 is 15.0 Å². The first-order chi connectivity index (χ1) is 13.1. The van der Waals surface area contributed by atoms with Gasteiger partial charge in [-0.05, 0) is 31.0 Å². The SMILES string of the molecule is COc1ccccc1[C@@H]1C2=C(CCCC2=O)Nc2ccccc2N1C(C)=O. The molecule has 4 rings (SSSR count). The molecule has 0 bridgehead atoms. The zero-order valence-corrected chi connectivity index (χ0v) is 15.5. The van der Waals surface area contributed by atoms with E-state index in [4.69, 9.17) is 4.74 Å². The lowest BCUT2D eigenvalue weighted by molar-refractivity contribution is -0.117. The van der Waals surface area contributed by atoms with E-state index in [1.54, 1.807) is 12.0 Å². The van der Waals surface area contributed by atoms with Gasteiger partial charge in [0, 0.05) is 30.2 Å². The van der Waals surface area contributed by atoms with E-state index in [0.29, 0.717) is 17.7 Å². The maximum Gasteiger partial charge on any atom is 0.224 e. The third-order valence-electron chi connectivity index (χ3n) is 5.21. The molecule has 0 spiro atoms. The van der Waals surface area contributed by atoms with Gasteiger partial charge in [0.15, 0.2) is 5.78 Å². The van der Waals surface area contributed by atoms with Crippen molar-refractivity contribution in [3.05, 3.63) is 65.4 Å². The average Bonchev–Trinajstić information content (AvgIpc) is 2.82. The van der Waals surface area contributed by atoms with Crippen molar-refractivity contribution in [1.29, 1.82) is 0 Å². The number of rotatable bonds is 2. The molecule has 1 N–H and O–H groups in total.